The molecule has 1 aromatic heterocycles. The van der Waals surface area contributed by atoms with E-state index in [2.05, 4.69) is 5.10 Å². The van der Waals surface area contributed by atoms with Crippen LogP contribution < -0.4 is 0 Å². The van der Waals surface area contributed by atoms with E-state index in [1.807, 2.05) is 42.2 Å². The second-order valence-corrected chi connectivity index (χ2v) is 11.0. The highest BCUT2D eigenvalue weighted by atomic mass is 32.2. The number of benzene rings is 1. The molecule has 1 saturated heterocycles. The first kappa shape index (κ1) is 23.0. The van der Waals surface area contributed by atoms with Gasteiger partial charge in [-0.3, -0.25) is 9.48 Å². The Labute approximate surface area is 191 Å². The number of aryl methyl sites for hydroxylation is 1. The second-order valence-electron chi connectivity index (χ2n) is 9.12. The highest BCUT2D eigenvalue weighted by Gasteiger charge is 2.34. The van der Waals surface area contributed by atoms with Crippen molar-refractivity contribution >= 4 is 15.9 Å². The van der Waals surface area contributed by atoms with Crippen LogP contribution in [0.5, 0.6) is 0 Å². The van der Waals surface area contributed by atoms with E-state index in [1.165, 1.54) is 30.0 Å². The Bertz CT molecular complexity index is 1030. The molecule has 0 radical (unpaired) electrons. The maximum absolute atomic E-state index is 13.4. The monoisotopic (exact) mass is 458 g/mol. The summed E-state index contributed by atoms with van der Waals surface area (Å²) in [5.74, 6) is 0.857. The summed E-state index contributed by atoms with van der Waals surface area (Å²) in [4.78, 5) is 14.7. The summed E-state index contributed by atoms with van der Waals surface area (Å²) in [7, 11) is -3.66. The van der Waals surface area contributed by atoms with Crippen LogP contribution in [0, 0.1) is 19.8 Å². The summed E-state index contributed by atoms with van der Waals surface area (Å²) in [5, 5.41) is 4.52. The summed E-state index contributed by atoms with van der Waals surface area (Å²) in [6.07, 6.45) is 6.62. The molecule has 8 heteroatoms. The topological polar surface area (TPSA) is 75.5 Å². The summed E-state index contributed by atoms with van der Waals surface area (Å²) in [5.41, 5.74) is 2.25. The number of amides is 1. The van der Waals surface area contributed by atoms with Crippen molar-refractivity contribution in [2.24, 2.45) is 5.92 Å². The molecule has 4 rings (SSSR count). The van der Waals surface area contributed by atoms with Crippen LogP contribution in [0.15, 0.2) is 35.2 Å². The summed E-state index contributed by atoms with van der Waals surface area (Å²) in [6.45, 7) is 5.69. The van der Waals surface area contributed by atoms with E-state index in [4.69, 9.17) is 0 Å². The van der Waals surface area contributed by atoms with E-state index in [1.54, 1.807) is 11.6 Å². The minimum Gasteiger partial charge on any atom is -0.340 e. The molecule has 2 aromatic rings. The van der Waals surface area contributed by atoms with Crippen molar-refractivity contribution in [2.75, 3.05) is 26.2 Å². The Morgan fingerprint density at radius 3 is 2.34 bits per heavy atom. The van der Waals surface area contributed by atoms with Gasteiger partial charge in [0.2, 0.25) is 15.9 Å². The average Bonchev–Trinajstić information content (AvgIpc) is 3.41. The van der Waals surface area contributed by atoms with Gasteiger partial charge in [-0.05, 0) is 31.7 Å². The molecule has 0 atom stereocenters. The fourth-order valence-corrected chi connectivity index (χ4v) is 6.85. The molecule has 174 valence electrons. The zero-order valence-electron chi connectivity index (χ0n) is 19.2. The number of aromatic nitrogens is 2. The maximum Gasteiger partial charge on any atom is 0.246 e. The second kappa shape index (κ2) is 9.75. The van der Waals surface area contributed by atoms with Crippen molar-refractivity contribution in [2.45, 2.75) is 63.8 Å². The first-order chi connectivity index (χ1) is 15.4. The molecular weight excluding hydrogens is 424 g/mol. The lowest BCUT2D eigenvalue weighted by molar-refractivity contribution is -0.132. The standard InChI is InChI=1S/C24H34N4O3S/c1-19-24(20(2)28(25-19)18-22-10-4-3-5-11-22)32(30,31)27-16-14-26(15-17-27)23(29)13-12-21-8-6-7-9-21/h3-5,10-11,21H,6-9,12-18H2,1-2H3. The van der Waals surface area contributed by atoms with Crippen molar-refractivity contribution in [1.29, 1.82) is 0 Å². The number of hydrogen-bond acceptors (Lipinski definition) is 4. The van der Waals surface area contributed by atoms with Crippen LogP contribution in [0.25, 0.3) is 0 Å². The van der Waals surface area contributed by atoms with Crippen LogP contribution in [0.4, 0.5) is 0 Å². The lowest BCUT2D eigenvalue weighted by atomic mass is 10.0. The number of hydrogen-bond donors (Lipinski definition) is 0. The molecule has 1 saturated carbocycles. The minimum absolute atomic E-state index is 0.164. The minimum atomic E-state index is -3.66. The first-order valence-corrected chi connectivity index (χ1v) is 13.2. The van der Waals surface area contributed by atoms with Crippen LogP contribution in [0.2, 0.25) is 0 Å². The summed E-state index contributed by atoms with van der Waals surface area (Å²) in [6, 6.07) is 9.90. The van der Waals surface area contributed by atoms with Crippen LogP contribution in [0.3, 0.4) is 0 Å². The van der Waals surface area contributed by atoms with Gasteiger partial charge in [0.1, 0.15) is 4.90 Å². The quantitative estimate of drug-likeness (QED) is 0.638. The molecule has 0 spiro atoms. The van der Waals surface area contributed by atoms with Gasteiger partial charge < -0.3 is 4.90 Å². The summed E-state index contributed by atoms with van der Waals surface area (Å²) < 4.78 is 30.2. The van der Waals surface area contributed by atoms with E-state index in [0.717, 1.165) is 12.0 Å². The Balaban J connectivity index is 1.39. The summed E-state index contributed by atoms with van der Waals surface area (Å²) >= 11 is 0. The number of rotatable bonds is 7. The van der Waals surface area contributed by atoms with Crippen molar-refractivity contribution < 1.29 is 13.2 Å². The SMILES string of the molecule is Cc1nn(Cc2ccccc2)c(C)c1S(=O)(=O)N1CCN(C(=O)CCC2CCCC2)CC1. The lowest BCUT2D eigenvalue weighted by Gasteiger charge is -2.34. The molecule has 0 bridgehead atoms. The molecular formula is C24H34N4O3S. The van der Waals surface area contributed by atoms with Gasteiger partial charge in [-0.25, -0.2) is 8.42 Å². The normalized spacial score (nSPS) is 18.4. The largest absolute Gasteiger partial charge is 0.340 e. The van der Waals surface area contributed by atoms with Gasteiger partial charge in [-0.15, -0.1) is 0 Å². The molecule has 2 fully saturated rings. The van der Waals surface area contributed by atoms with Gasteiger partial charge in [0.25, 0.3) is 0 Å². The third-order valence-electron chi connectivity index (χ3n) is 6.92. The van der Waals surface area contributed by atoms with Gasteiger partial charge in [0.15, 0.2) is 0 Å². The molecule has 0 N–H and O–H groups in total. The van der Waals surface area contributed by atoms with E-state index >= 15 is 0 Å². The van der Waals surface area contributed by atoms with Crippen molar-refractivity contribution in [3.05, 3.63) is 47.3 Å². The van der Waals surface area contributed by atoms with E-state index < -0.39 is 10.0 Å². The van der Waals surface area contributed by atoms with Crippen molar-refractivity contribution in [1.82, 2.24) is 19.0 Å². The fraction of sp³-hybridized carbons (Fsp3) is 0.583. The first-order valence-electron chi connectivity index (χ1n) is 11.7. The molecule has 1 aromatic carbocycles. The highest BCUT2D eigenvalue weighted by Crippen LogP contribution is 2.29. The molecule has 1 aliphatic carbocycles. The van der Waals surface area contributed by atoms with Crippen LogP contribution in [-0.4, -0.2) is 59.5 Å². The molecule has 1 aliphatic heterocycles. The van der Waals surface area contributed by atoms with Gasteiger partial charge in [-0.1, -0.05) is 56.0 Å². The smallest absolute Gasteiger partial charge is 0.246 e. The van der Waals surface area contributed by atoms with Gasteiger partial charge >= 0.3 is 0 Å². The zero-order valence-corrected chi connectivity index (χ0v) is 20.0. The highest BCUT2D eigenvalue weighted by molar-refractivity contribution is 7.89. The third-order valence-corrected chi connectivity index (χ3v) is 9.07. The number of piperazine rings is 1. The molecule has 2 aliphatic rings. The molecule has 1 amide bonds. The average molecular weight is 459 g/mol. The zero-order chi connectivity index (χ0) is 22.7. The molecule has 2 heterocycles. The number of nitrogens with zero attached hydrogens (tertiary/aromatic N) is 4. The van der Waals surface area contributed by atoms with Gasteiger partial charge in [0, 0.05) is 32.6 Å². The maximum atomic E-state index is 13.4. The number of carbonyl (C=O) groups is 1. The number of sulfonamides is 1. The van der Waals surface area contributed by atoms with E-state index in [9.17, 15) is 13.2 Å². The van der Waals surface area contributed by atoms with E-state index in [-0.39, 0.29) is 5.91 Å². The van der Waals surface area contributed by atoms with Crippen molar-refractivity contribution in [3.63, 3.8) is 0 Å². The fourth-order valence-electron chi connectivity index (χ4n) is 5.06. The van der Waals surface area contributed by atoms with Gasteiger partial charge in [0.05, 0.1) is 17.9 Å². The Morgan fingerprint density at radius 1 is 1.03 bits per heavy atom. The Morgan fingerprint density at radius 2 is 1.69 bits per heavy atom. The van der Waals surface area contributed by atoms with E-state index in [0.29, 0.717) is 61.3 Å². The lowest BCUT2D eigenvalue weighted by Crippen LogP contribution is -2.50. The Kier molecular flexibility index (Phi) is 7.00. The molecule has 7 nitrogen and oxygen atoms in total. The van der Waals surface area contributed by atoms with Crippen LogP contribution in [-0.2, 0) is 21.4 Å². The van der Waals surface area contributed by atoms with Crippen molar-refractivity contribution in [3.8, 4) is 0 Å². The predicted molar refractivity (Wildman–Crippen MR) is 124 cm³/mol. The number of carbonyl (C=O) groups excluding carboxylic acids is 1. The predicted octanol–water partition coefficient (Wildman–Crippen LogP) is 3.35. The molecule has 0 unspecified atom stereocenters. The third kappa shape index (κ3) is 4.91. The molecule has 32 heavy (non-hydrogen) atoms. The Hall–Kier alpha value is -2.19. The van der Waals surface area contributed by atoms with Crippen LogP contribution >= 0.6 is 0 Å². The van der Waals surface area contributed by atoms with Gasteiger partial charge in [-0.2, -0.15) is 9.40 Å². The van der Waals surface area contributed by atoms with Crippen LogP contribution in [0.1, 0.15) is 55.5 Å².